The molecule has 0 aliphatic rings. The fourth-order valence-electron chi connectivity index (χ4n) is 2.79. The van der Waals surface area contributed by atoms with Crippen LogP contribution in [-0.2, 0) is 13.2 Å². The van der Waals surface area contributed by atoms with Gasteiger partial charge in [-0.2, -0.15) is 5.10 Å². The van der Waals surface area contributed by atoms with Crippen LogP contribution in [-0.4, -0.2) is 20.4 Å². The fourth-order valence-corrected chi connectivity index (χ4v) is 3.49. The molecule has 0 saturated carbocycles. The standard InChI is InChI=1S/C23H22BrClN2O3/c1-28-21-6-4-3-5-18(21)14-27-26-13-17-11-20(24)23(22(12-17)29-2)30-15-16-7-9-19(25)10-8-16/h3-13,27H,14-15H2,1-2H3/b26-13-. The topological polar surface area (TPSA) is 52.1 Å². The highest BCUT2D eigenvalue weighted by molar-refractivity contribution is 9.10. The third-order valence-electron chi connectivity index (χ3n) is 4.32. The van der Waals surface area contributed by atoms with Crippen LogP contribution in [0.25, 0.3) is 0 Å². The van der Waals surface area contributed by atoms with Crippen molar-refractivity contribution in [1.29, 1.82) is 0 Å². The van der Waals surface area contributed by atoms with Gasteiger partial charge in [-0.15, -0.1) is 0 Å². The van der Waals surface area contributed by atoms with Crippen LogP contribution in [0.3, 0.4) is 0 Å². The Balaban J connectivity index is 1.65. The molecule has 0 amide bonds. The first-order valence-electron chi connectivity index (χ1n) is 9.23. The van der Waals surface area contributed by atoms with Gasteiger partial charge in [-0.25, -0.2) is 0 Å². The first-order chi connectivity index (χ1) is 14.6. The van der Waals surface area contributed by atoms with Crippen molar-refractivity contribution in [2.45, 2.75) is 13.2 Å². The van der Waals surface area contributed by atoms with E-state index < -0.39 is 0 Å². The van der Waals surface area contributed by atoms with Gasteiger partial charge in [0, 0.05) is 10.6 Å². The van der Waals surface area contributed by atoms with E-state index in [-0.39, 0.29) is 0 Å². The first-order valence-corrected chi connectivity index (χ1v) is 10.4. The van der Waals surface area contributed by atoms with E-state index in [2.05, 4.69) is 26.5 Å². The van der Waals surface area contributed by atoms with Gasteiger partial charge in [0.2, 0.25) is 0 Å². The number of hydrogen-bond donors (Lipinski definition) is 1. The van der Waals surface area contributed by atoms with Crippen molar-refractivity contribution in [1.82, 2.24) is 5.43 Å². The van der Waals surface area contributed by atoms with E-state index in [0.29, 0.717) is 29.7 Å². The van der Waals surface area contributed by atoms with Gasteiger partial charge < -0.3 is 19.6 Å². The van der Waals surface area contributed by atoms with Crippen molar-refractivity contribution in [3.8, 4) is 17.2 Å². The van der Waals surface area contributed by atoms with Crippen LogP contribution >= 0.6 is 27.5 Å². The fraction of sp³-hybridized carbons (Fsp3) is 0.174. The van der Waals surface area contributed by atoms with Gasteiger partial charge in [-0.1, -0.05) is 41.9 Å². The summed E-state index contributed by atoms with van der Waals surface area (Å²) in [6.45, 7) is 0.959. The molecule has 0 aliphatic heterocycles. The van der Waals surface area contributed by atoms with Gasteiger partial charge in [0.1, 0.15) is 12.4 Å². The number of methoxy groups -OCH3 is 2. The Morgan fingerprint density at radius 3 is 2.47 bits per heavy atom. The molecule has 1 N–H and O–H groups in total. The lowest BCUT2D eigenvalue weighted by molar-refractivity contribution is 0.282. The minimum Gasteiger partial charge on any atom is -0.496 e. The largest absolute Gasteiger partial charge is 0.496 e. The van der Waals surface area contributed by atoms with E-state index in [0.717, 1.165) is 26.9 Å². The van der Waals surface area contributed by atoms with E-state index in [4.69, 9.17) is 25.8 Å². The summed E-state index contributed by atoms with van der Waals surface area (Å²) in [5.41, 5.74) is 5.95. The Bertz CT molecular complexity index is 1010. The lowest BCUT2D eigenvalue weighted by atomic mass is 10.2. The molecule has 3 aromatic rings. The number of nitrogens with one attached hydrogen (secondary N) is 1. The molecule has 0 heterocycles. The first kappa shape index (κ1) is 22.0. The van der Waals surface area contributed by atoms with Crippen molar-refractivity contribution in [3.63, 3.8) is 0 Å². The molecule has 0 saturated heterocycles. The lowest BCUT2D eigenvalue weighted by Gasteiger charge is -2.13. The molecule has 0 aromatic heterocycles. The Kier molecular flexibility index (Phi) is 7.99. The van der Waals surface area contributed by atoms with Crippen molar-refractivity contribution in [2.24, 2.45) is 5.10 Å². The molecule has 0 spiro atoms. The summed E-state index contributed by atoms with van der Waals surface area (Å²) in [6, 6.07) is 19.1. The molecule has 3 rings (SSSR count). The van der Waals surface area contributed by atoms with E-state index in [1.165, 1.54) is 0 Å². The second kappa shape index (κ2) is 10.9. The average Bonchev–Trinajstić information content (AvgIpc) is 2.77. The average molecular weight is 490 g/mol. The summed E-state index contributed by atoms with van der Waals surface area (Å²) in [4.78, 5) is 0. The van der Waals surface area contributed by atoms with Crippen LogP contribution in [0, 0.1) is 0 Å². The molecule has 7 heteroatoms. The molecule has 3 aromatic carbocycles. The molecule has 30 heavy (non-hydrogen) atoms. The normalized spacial score (nSPS) is 10.8. The molecule has 5 nitrogen and oxygen atoms in total. The van der Waals surface area contributed by atoms with Gasteiger partial charge in [-0.05, 0) is 57.4 Å². The molecular formula is C23H22BrClN2O3. The molecule has 156 valence electrons. The summed E-state index contributed by atoms with van der Waals surface area (Å²) < 4.78 is 17.6. The predicted molar refractivity (Wildman–Crippen MR) is 124 cm³/mol. The number of para-hydroxylation sites is 1. The monoisotopic (exact) mass is 488 g/mol. The minimum absolute atomic E-state index is 0.403. The second-order valence-electron chi connectivity index (χ2n) is 6.35. The zero-order valence-electron chi connectivity index (χ0n) is 16.7. The number of ether oxygens (including phenoxy) is 3. The van der Waals surface area contributed by atoms with Gasteiger partial charge in [-0.3, -0.25) is 0 Å². The Labute approximate surface area is 189 Å². The second-order valence-corrected chi connectivity index (χ2v) is 7.64. The van der Waals surface area contributed by atoms with Crippen LogP contribution in [0.5, 0.6) is 17.2 Å². The summed E-state index contributed by atoms with van der Waals surface area (Å²) in [7, 11) is 3.26. The van der Waals surface area contributed by atoms with Crippen LogP contribution in [0.1, 0.15) is 16.7 Å². The third-order valence-corrected chi connectivity index (χ3v) is 5.16. The van der Waals surface area contributed by atoms with E-state index in [9.17, 15) is 0 Å². The van der Waals surface area contributed by atoms with Crippen molar-refractivity contribution >= 4 is 33.7 Å². The zero-order chi connectivity index (χ0) is 21.3. The highest BCUT2D eigenvalue weighted by Crippen LogP contribution is 2.37. The molecule has 0 fully saturated rings. The van der Waals surface area contributed by atoms with Gasteiger partial charge >= 0.3 is 0 Å². The highest BCUT2D eigenvalue weighted by Gasteiger charge is 2.11. The molecule has 0 radical (unpaired) electrons. The third kappa shape index (κ3) is 5.90. The van der Waals surface area contributed by atoms with Gasteiger partial charge in [0.25, 0.3) is 0 Å². The Morgan fingerprint density at radius 2 is 1.73 bits per heavy atom. The number of hydrazone groups is 1. The van der Waals surface area contributed by atoms with Crippen molar-refractivity contribution in [2.75, 3.05) is 14.2 Å². The maximum Gasteiger partial charge on any atom is 0.175 e. The molecule has 0 bridgehead atoms. The van der Waals surface area contributed by atoms with E-state index in [1.807, 2.05) is 60.7 Å². The lowest BCUT2D eigenvalue weighted by Crippen LogP contribution is -2.07. The number of rotatable bonds is 9. The van der Waals surface area contributed by atoms with E-state index >= 15 is 0 Å². The van der Waals surface area contributed by atoms with Crippen LogP contribution < -0.4 is 19.6 Å². The quantitative estimate of drug-likeness (QED) is 0.304. The Morgan fingerprint density at radius 1 is 1.00 bits per heavy atom. The van der Waals surface area contributed by atoms with Gasteiger partial charge in [0.15, 0.2) is 11.5 Å². The summed E-state index contributed by atoms with van der Waals surface area (Å²) >= 11 is 9.49. The van der Waals surface area contributed by atoms with Gasteiger partial charge in [0.05, 0.1) is 31.5 Å². The zero-order valence-corrected chi connectivity index (χ0v) is 19.0. The van der Waals surface area contributed by atoms with Crippen LogP contribution in [0.4, 0.5) is 0 Å². The smallest absolute Gasteiger partial charge is 0.175 e. The summed E-state index contributed by atoms with van der Waals surface area (Å²) in [5.74, 6) is 2.07. The SMILES string of the molecule is COc1ccccc1CN/N=C\c1cc(Br)c(OCc2ccc(Cl)cc2)c(OC)c1. The number of halogens is 2. The number of nitrogens with zero attached hydrogens (tertiary/aromatic N) is 1. The summed E-state index contributed by atoms with van der Waals surface area (Å²) in [6.07, 6.45) is 1.73. The Hall–Kier alpha value is -2.70. The number of hydrogen-bond acceptors (Lipinski definition) is 5. The highest BCUT2D eigenvalue weighted by atomic mass is 79.9. The van der Waals surface area contributed by atoms with Crippen LogP contribution in [0.2, 0.25) is 5.02 Å². The van der Waals surface area contributed by atoms with Crippen LogP contribution in [0.15, 0.2) is 70.2 Å². The molecule has 0 unspecified atom stereocenters. The maximum absolute atomic E-state index is 5.96. The van der Waals surface area contributed by atoms with E-state index in [1.54, 1.807) is 20.4 Å². The predicted octanol–water partition coefficient (Wildman–Crippen LogP) is 5.82. The van der Waals surface area contributed by atoms with Crippen molar-refractivity contribution < 1.29 is 14.2 Å². The molecule has 0 aliphatic carbocycles. The maximum atomic E-state index is 5.96. The van der Waals surface area contributed by atoms with Crippen molar-refractivity contribution in [3.05, 3.63) is 86.8 Å². The molecular weight excluding hydrogens is 468 g/mol. The molecule has 0 atom stereocenters. The minimum atomic E-state index is 0.403. The number of benzene rings is 3. The summed E-state index contributed by atoms with van der Waals surface area (Å²) in [5, 5.41) is 4.99.